The van der Waals surface area contributed by atoms with Gasteiger partial charge in [0.05, 0.1) is 0 Å². The Bertz CT molecular complexity index is 690. The van der Waals surface area contributed by atoms with Crippen molar-refractivity contribution < 1.29 is 19.5 Å². The molecule has 5 nitrogen and oxygen atoms in total. The number of ketones is 2. The van der Waals surface area contributed by atoms with Crippen LogP contribution in [0.2, 0.25) is 0 Å². The van der Waals surface area contributed by atoms with Gasteiger partial charge in [-0.3, -0.25) is 14.4 Å². The van der Waals surface area contributed by atoms with Crippen molar-refractivity contribution in [2.75, 3.05) is 0 Å². The molecule has 124 valence electrons. The van der Waals surface area contributed by atoms with E-state index in [0.29, 0.717) is 22.3 Å². The van der Waals surface area contributed by atoms with Crippen molar-refractivity contribution in [3.05, 3.63) is 70.8 Å². The summed E-state index contributed by atoms with van der Waals surface area (Å²) < 4.78 is 0. The van der Waals surface area contributed by atoms with Crippen LogP contribution in [0.25, 0.3) is 0 Å². The van der Waals surface area contributed by atoms with Crippen LogP contribution in [-0.2, 0) is 4.79 Å². The number of carbonyl (C=O) groups is 3. The fourth-order valence-electron chi connectivity index (χ4n) is 2.33. The van der Waals surface area contributed by atoms with Crippen LogP contribution < -0.4 is 5.73 Å². The molecule has 0 amide bonds. The SMILES string of the molecule is CC(C)[C@H](N)C(=O)O.O=C1c2ccccc2C(=O)c2ccccc21. The second kappa shape index (κ2) is 7.19. The number of fused-ring (bicyclic) bond motifs is 2. The number of aliphatic carboxylic acids is 1. The number of carboxylic acid groups (broad SMARTS) is 1. The lowest BCUT2D eigenvalue weighted by atomic mass is 9.84. The maximum atomic E-state index is 12.1. The molecule has 0 fully saturated rings. The second-order valence-corrected chi connectivity index (χ2v) is 5.86. The number of hydrogen-bond acceptors (Lipinski definition) is 4. The van der Waals surface area contributed by atoms with Crippen LogP contribution in [0.15, 0.2) is 48.5 Å². The van der Waals surface area contributed by atoms with E-state index < -0.39 is 12.0 Å². The van der Waals surface area contributed by atoms with E-state index in [9.17, 15) is 14.4 Å². The van der Waals surface area contributed by atoms with Gasteiger partial charge in [0, 0.05) is 22.3 Å². The van der Waals surface area contributed by atoms with E-state index in [1.807, 2.05) is 0 Å². The summed E-state index contributed by atoms with van der Waals surface area (Å²) >= 11 is 0. The highest BCUT2D eigenvalue weighted by atomic mass is 16.4. The van der Waals surface area contributed by atoms with Crippen LogP contribution in [0.4, 0.5) is 0 Å². The van der Waals surface area contributed by atoms with E-state index in [1.54, 1.807) is 62.4 Å². The number of nitrogens with two attached hydrogens (primary N) is 1. The molecule has 0 saturated heterocycles. The van der Waals surface area contributed by atoms with E-state index in [1.165, 1.54) is 0 Å². The molecule has 1 aliphatic carbocycles. The molecule has 24 heavy (non-hydrogen) atoms. The van der Waals surface area contributed by atoms with E-state index in [-0.39, 0.29) is 17.5 Å². The molecular weight excluding hydrogens is 306 g/mol. The molecule has 5 heteroatoms. The Kier molecular flexibility index (Phi) is 5.26. The standard InChI is InChI=1S/C14H8O2.C5H11NO2/c15-13-9-5-1-2-6-10(9)14(16)12-8-4-3-7-11(12)13;1-3(2)4(6)5(7)8/h1-8H;3-4H,6H2,1-2H3,(H,7,8)/t;4-/m.0/s1. The Labute approximate surface area is 140 Å². The summed E-state index contributed by atoms with van der Waals surface area (Å²) in [5, 5.41) is 8.23. The number of rotatable bonds is 2. The second-order valence-electron chi connectivity index (χ2n) is 5.86. The van der Waals surface area contributed by atoms with Crippen LogP contribution in [0, 0.1) is 5.92 Å². The lowest BCUT2D eigenvalue weighted by molar-refractivity contribution is -0.139. The summed E-state index contributed by atoms with van der Waals surface area (Å²) in [7, 11) is 0. The van der Waals surface area contributed by atoms with Crippen LogP contribution in [-0.4, -0.2) is 28.7 Å². The van der Waals surface area contributed by atoms with Crippen molar-refractivity contribution in [3.63, 3.8) is 0 Å². The number of carboxylic acids is 1. The van der Waals surface area contributed by atoms with Crippen molar-refractivity contribution in [3.8, 4) is 0 Å². The topological polar surface area (TPSA) is 97.5 Å². The molecule has 0 spiro atoms. The predicted octanol–water partition coefficient (Wildman–Crippen LogP) is 2.52. The molecule has 0 aromatic heterocycles. The van der Waals surface area contributed by atoms with Crippen LogP contribution >= 0.6 is 0 Å². The zero-order chi connectivity index (χ0) is 17.9. The van der Waals surface area contributed by atoms with Gasteiger partial charge in [-0.2, -0.15) is 0 Å². The quantitative estimate of drug-likeness (QED) is 0.754. The van der Waals surface area contributed by atoms with Gasteiger partial charge in [0.25, 0.3) is 0 Å². The van der Waals surface area contributed by atoms with Crippen molar-refractivity contribution >= 4 is 17.5 Å². The number of benzene rings is 2. The Balaban J connectivity index is 0.000000224. The van der Waals surface area contributed by atoms with Crippen molar-refractivity contribution in [1.82, 2.24) is 0 Å². The fraction of sp³-hybridized carbons (Fsp3) is 0.211. The minimum atomic E-state index is -0.931. The van der Waals surface area contributed by atoms with Gasteiger partial charge in [-0.1, -0.05) is 62.4 Å². The smallest absolute Gasteiger partial charge is 0.320 e. The lowest BCUT2D eigenvalue weighted by Gasteiger charge is -2.16. The zero-order valence-electron chi connectivity index (χ0n) is 13.5. The minimum Gasteiger partial charge on any atom is -0.480 e. The number of carbonyl (C=O) groups excluding carboxylic acids is 2. The Morgan fingerprint density at radius 3 is 1.29 bits per heavy atom. The highest BCUT2D eigenvalue weighted by Crippen LogP contribution is 2.26. The first-order valence-electron chi connectivity index (χ1n) is 7.60. The van der Waals surface area contributed by atoms with Gasteiger partial charge in [0.1, 0.15) is 6.04 Å². The normalized spacial score (nSPS) is 13.5. The van der Waals surface area contributed by atoms with Crippen LogP contribution in [0.5, 0.6) is 0 Å². The monoisotopic (exact) mass is 325 g/mol. The third kappa shape index (κ3) is 3.41. The summed E-state index contributed by atoms with van der Waals surface area (Å²) in [5.74, 6) is -1.04. The van der Waals surface area contributed by atoms with E-state index >= 15 is 0 Å². The summed E-state index contributed by atoms with van der Waals surface area (Å²) in [5.41, 5.74) is 7.18. The summed E-state index contributed by atoms with van der Waals surface area (Å²) in [6.07, 6.45) is 0. The molecule has 2 aromatic carbocycles. The molecule has 1 atom stereocenters. The summed E-state index contributed by atoms with van der Waals surface area (Å²) in [6, 6.07) is 13.2. The first-order chi connectivity index (χ1) is 11.3. The Morgan fingerprint density at radius 2 is 1.12 bits per heavy atom. The summed E-state index contributed by atoms with van der Waals surface area (Å²) in [6.45, 7) is 3.55. The van der Waals surface area contributed by atoms with E-state index in [4.69, 9.17) is 10.8 Å². The highest BCUT2D eigenvalue weighted by molar-refractivity contribution is 6.28. The first kappa shape index (κ1) is 17.6. The maximum absolute atomic E-state index is 12.1. The Hall–Kier alpha value is -2.79. The average Bonchev–Trinajstić information content (AvgIpc) is 2.59. The molecule has 2 aromatic rings. The molecule has 0 radical (unpaired) electrons. The van der Waals surface area contributed by atoms with E-state index in [2.05, 4.69) is 0 Å². The van der Waals surface area contributed by atoms with Crippen molar-refractivity contribution in [2.24, 2.45) is 11.7 Å². The fourth-order valence-corrected chi connectivity index (χ4v) is 2.33. The van der Waals surface area contributed by atoms with Gasteiger partial charge in [0.15, 0.2) is 11.6 Å². The molecule has 3 N–H and O–H groups in total. The molecule has 0 aliphatic heterocycles. The molecule has 0 bridgehead atoms. The molecule has 3 rings (SSSR count). The largest absolute Gasteiger partial charge is 0.480 e. The third-order valence-corrected chi connectivity index (χ3v) is 3.84. The lowest BCUT2D eigenvalue weighted by Crippen LogP contribution is -2.34. The van der Waals surface area contributed by atoms with Gasteiger partial charge >= 0.3 is 5.97 Å². The van der Waals surface area contributed by atoms with Gasteiger partial charge in [0.2, 0.25) is 0 Å². The van der Waals surface area contributed by atoms with Gasteiger partial charge in [-0.05, 0) is 5.92 Å². The van der Waals surface area contributed by atoms with Gasteiger partial charge in [-0.15, -0.1) is 0 Å². The molecule has 0 unspecified atom stereocenters. The third-order valence-electron chi connectivity index (χ3n) is 3.84. The molecule has 0 saturated carbocycles. The summed E-state index contributed by atoms with van der Waals surface area (Å²) in [4.78, 5) is 34.2. The van der Waals surface area contributed by atoms with Crippen molar-refractivity contribution in [1.29, 1.82) is 0 Å². The molecular formula is C19H19NO4. The highest BCUT2D eigenvalue weighted by Gasteiger charge is 2.28. The van der Waals surface area contributed by atoms with Crippen LogP contribution in [0.1, 0.15) is 45.7 Å². The van der Waals surface area contributed by atoms with Gasteiger partial charge in [-0.25, -0.2) is 0 Å². The number of hydrogen-bond donors (Lipinski definition) is 2. The van der Waals surface area contributed by atoms with Crippen LogP contribution in [0.3, 0.4) is 0 Å². The van der Waals surface area contributed by atoms with Gasteiger partial charge < -0.3 is 10.8 Å². The first-order valence-corrected chi connectivity index (χ1v) is 7.60. The van der Waals surface area contributed by atoms with E-state index in [0.717, 1.165) is 0 Å². The average molecular weight is 325 g/mol. The zero-order valence-corrected chi connectivity index (χ0v) is 13.5. The van der Waals surface area contributed by atoms with Crippen molar-refractivity contribution in [2.45, 2.75) is 19.9 Å². The maximum Gasteiger partial charge on any atom is 0.320 e. The minimum absolute atomic E-state index is 0.0208. The Morgan fingerprint density at radius 1 is 0.833 bits per heavy atom. The molecule has 0 heterocycles. The molecule has 1 aliphatic rings. The predicted molar refractivity (Wildman–Crippen MR) is 90.2 cm³/mol.